The number of nitrogens with one attached hydrogen (secondary N) is 1. The number of aryl methyl sites for hydroxylation is 2. The average Bonchev–Trinajstić information content (AvgIpc) is 2.94. The Labute approximate surface area is 144 Å². The highest BCUT2D eigenvalue weighted by Gasteiger charge is 2.07. The molecule has 0 saturated carbocycles. The van der Waals surface area contributed by atoms with Crippen molar-refractivity contribution in [1.29, 1.82) is 0 Å². The second-order valence-corrected chi connectivity index (χ2v) is 7.39. The van der Waals surface area contributed by atoms with E-state index in [1.807, 2.05) is 6.92 Å². The van der Waals surface area contributed by atoms with Crippen LogP contribution in [0, 0.1) is 13.8 Å². The Hall–Kier alpha value is -1.60. The molecule has 0 unspecified atom stereocenters. The summed E-state index contributed by atoms with van der Waals surface area (Å²) in [5.41, 5.74) is 3.47. The van der Waals surface area contributed by atoms with Gasteiger partial charge in [0.15, 0.2) is 4.34 Å². The Balaban J connectivity index is 1.80. The number of nitrogens with zero attached hydrogens (tertiary/aromatic N) is 2. The van der Waals surface area contributed by atoms with Gasteiger partial charge in [0.25, 0.3) is 0 Å². The first-order valence-electron chi connectivity index (χ1n) is 7.54. The van der Waals surface area contributed by atoms with Crippen LogP contribution in [0.5, 0.6) is 0 Å². The molecule has 0 bridgehead atoms. The van der Waals surface area contributed by atoms with Gasteiger partial charge in [-0.25, -0.2) is 0 Å². The zero-order valence-corrected chi connectivity index (χ0v) is 15.2. The van der Waals surface area contributed by atoms with Crippen LogP contribution in [0.15, 0.2) is 22.5 Å². The fraction of sp³-hybridized carbons (Fsp3) is 0.438. The Kier molecular flexibility index (Phi) is 6.85. The van der Waals surface area contributed by atoms with Crippen molar-refractivity contribution in [2.75, 3.05) is 17.7 Å². The molecule has 0 saturated heterocycles. The summed E-state index contributed by atoms with van der Waals surface area (Å²) in [6, 6.07) is 6.26. The standard InChI is InChI=1S/C16H21N3O2S2/c1-4-21-14(20)6-5-9-22-16-19-18-15(23-16)17-13-8-7-11(2)10-12(13)3/h7-8,10H,4-6,9H2,1-3H3,(H,17,18). The monoisotopic (exact) mass is 351 g/mol. The SMILES string of the molecule is CCOC(=O)CCCSc1nnc(Nc2ccc(C)cc2C)s1. The van der Waals surface area contributed by atoms with Crippen LogP contribution in [0.4, 0.5) is 10.8 Å². The van der Waals surface area contributed by atoms with Crippen LogP contribution in [0.1, 0.15) is 30.9 Å². The van der Waals surface area contributed by atoms with Gasteiger partial charge in [0, 0.05) is 17.9 Å². The first kappa shape index (κ1) is 17.7. The molecule has 7 heteroatoms. The molecule has 1 heterocycles. The van der Waals surface area contributed by atoms with Gasteiger partial charge >= 0.3 is 5.97 Å². The number of anilines is 2. The van der Waals surface area contributed by atoms with Crippen molar-refractivity contribution < 1.29 is 9.53 Å². The summed E-state index contributed by atoms with van der Waals surface area (Å²) in [6.45, 7) is 6.40. The number of rotatable bonds is 8. The van der Waals surface area contributed by atoms with E-state index in [-0.39, 0.29) is 5.97 Å². The number of hydrogen-bond acceptors (Lipinski definition) is 7. The number of hydrogen-bond donors (Lipinski definition) is 1. The molecule has 2 rings (SSSR count). The molecular formula is C16H21N3O2S2. The van der Waals surface area contributed by atoms with Crippen LogP contribution in [0.2, 0.25) is 0 Å². The maximum absolute atomic E-state index is 11.3. The van der Waals surface area contributed by atoms with Gasteiger partial charge in [0.2, 0.25) is 5.13 Å². The topological polar surface area (TPSA) is 64.1 Å². The van der Waals surface area contributed by atoms with E-state index in [2.05, 4.69) is 47.6 Å². The first-order valence-corrected chi connectivity index (χ1v) is 9.35. The Morgan fingerprint density at radius 3 is 2.91 bits per heavy atom. The second kappa shape index (κ2) is 8.88. The quantitative estimate of drug-likeness (QED) is 0.434. The van der Waals surface area contributed by atoms with Crippen molar-refractivity contribution in [1.82, 2.24) is 10.2 Å². The van der Waals surface area contributed by atoms with E-state index in [1.54, 1.807) is 11.8 Å². The Morgan fingerprint density at radius 2 is 2.17 bits per heavy atom. The lowest BCUT2D eigenvalue weighted by atomic mass is 10.1. The number of esters is 1. The highest BCUT2D eigenvalue weighted by Crippen LogP contribution is 2.29. The van der Waals surface area contributed by atoms with E-state index in [9.17, 15) is 4.79 Å². The molecular weight excluding hydrogens is 330 g/mol. The van der Waals surface area contributed by atoms with Crippen LogP contribution >= 0.6 is 23.1 Å². The van der Waals surface area contributed by atoms with Gasteiger partial charge in [-0.2, -0.15) is 0 Å². The molecule has 124 valence electrons. The summed E-state index contributed by atoms with van der Waals surface area (Å²) >= 11 is 3.14. The Morgan fingerprint density at radius 1 is 1.35 bits per heavy atom. The molecule has 0 radical (unpaired) electrons. The summed E-state index contributed by atoms with van der Waals surface area (Å²) in [5, 5.41) is 12.4. The number of carbonyl (C=O) groups is 1. The maximum Gasteiger partial charge on any atom is 0.305 e. The fourth-order valence-electron chi connectivity index (χ4n) is 2.00. The molecule has 0 aliphatic carbocycles. The van der Waals surface area contributed by atoms with Crippen LogP contribution in [-0.2, 0) is 9.53 Å². The predicted molar refractivity (Wildman–Crippen MR) is 95.7 cm³/mol. The first-order chi connectivity index (χ1) is 11.1. The van der Waals surface area contributed by atoms with Crippen molar-refractivity contribution in [2.45, 2.75) is 38.0 Å². The van der Waals surface area contributed by atoms with Gasteiger partial charge in [0.1, 0.15) is 0 Å². The summed E-state index contributed by atoms with van der Waals surface area (Å²) in [7, 11) is 0. The zero-order valence-electron chi connectivity index (χ0n) is 13.6. The third-order valence-electron chi connectivity index (χ3n) is 3.09. The van der Waals surface area contributed by atoms with Gasteiger partial charge in [0.05, 0.1) is 6.61 Å². The highest BCUT2D eigenvalue weighted by atomic mass is 32.2. The molecule has 0 fully saturated rings. The molecule has 1 aromatic carbocycles. The van der Waals surface area contributed by atoms with Crippen LogP contribution < -0.4 is 5.32 Å². The minimum Gasteiger partial charge on any atom is -0.466 e. The third-order valence-corrected chi connectivity index (χ3v) is 5.14. The van der Waals surface area contributed by atoms with E-state index in [4.69, 9.17) is 4.74 Å². The fourth-order valence-corrected chi connectivity index (χ4v) is 3.77. The highest BCUT2D eigenvalue weighted by molar-refractivity contribution is 8.01. The molecule has 0 aliphatic rings. The maximum atomic E-state index is 11.3. The van der Waals surface area contributed by atoms with Crippen molar-refractivity contribution in [3.8, 4) is 0 Å². The second-order valence-electron chi connectivity index (χ2n) is 5.07. The van der Waals surface area contributed by atoms with Crippen LogP contribution in [0.3, 0.4) is 0 Å². The number of carbonyl (C=O) groups excluding carboxylic acids is 1. The molecule has 2 aromatic rings. The summed E-state index contributed by atoms with van der Waals surface area (Å²) in [6.07, 6.45) is 1.23. The third kappa shape index (κ3) is 5.84. The molecule has 0 spiro atoms. The van der Waals surface area contributed by atoms with Gasteiger partial charge in [-0.05, 0) is 38.8 Å². The lowest BCUT2D eigenvalue weighted by Crippen LogP contribution is -2.03. The summed E-state index contributed by atoms with van der Waals surface area (Å²) in [4.78, 5) is 11.3. The number of aromatic nitrogens is 2. The molecule has 0 aliphatic heterocycles. The lowest BCUT2D eigenvalue weighted by Gasteiger charge is -2.06. The van der Waals surface area contributed by atoms with Crippen molar-refractivity contribution >= 4 is 39.9 Å². The molecule has 5 nitrogen and oxygen atoms in total. The van der Waals surface area contributed by atoms with Crippen molar-refractivity contribution in [3.63, 3.8) is 0 Å². The normalized spacial score (nSPS) is 10.6. The summed E-state index contributed by atoms with van der Waals surface area (Å²) < 4.78 is 5.80. The van der Waals surface area contributed by atoms with E-state index >= 15 is 0 Å². The minimum atomic E-state index is -0.137. The molecule has 1 N–H and O–H groups in total. The van der Waals surface area contributed by atoms with Crippen LogP contribution in [-0.4, -0.2) is 28.5 Å². The average molecular weight is 351 g/mol. The van der Waals surface area contributed by atoms with Crippen molar-refractivity contribution in [2.24, 2.45) is 0 Å². The van der Waals surface area contributed by atoms with Gasteiger partial charge in [-0.1, -0.05) is 40.8 Å². The summed E-state index contributed by atoms with van der Waals surface area (Å²) in [5.74, 6) is 0.694. The van der Waals surface area contributed by atoms with E-state index in [1.165, 1.54) is 22.5 Å². The van der Waals surface area contributed by atoms with E-state index in [0.29, 0.717) is 13.0 Å². The van der Waals surface area contributed by atoms with Crippen LogP contribution in [0.25, 0.3) is 0 Å². The minimum absolute atomic E-state index is 0.137. The lowest BCUT2D eigenvalue weighted by molar-refractivity contribution is -0.143. The van der Waals surface area contributed by atoms with Gasteiger partial charge < -0.3 is 10.1 Å². The molecule has 1 aromatic heterocycles. The smallest absolute Gasteiger partial charge is 0.305 e. The molecule has 23 heavy (non-hydrogen) atoms. The molecule has 0 atom stereocenters. The van der Waals surface area contributed by atoms with Gasteiger partial charge in [-0.3, -0.25) is 4.79 Å². The van der Waals surface area contributed by atoms with Gasteiger partial charge in [-0.15, -0.1) is 10.2 Å². The van der Waals surface area contributed by atoms with E-state index in [0.717, 1.165) is 27.3 Å². The Bertz CT molecular complexity index is 659. The largest absolute Gasteiger partial charge is 0.466 e. The predicted octanol–water partition coefficient (Wildman–Crippen LogP) is 4.33. The van der Waals surface area contributed by atoms with Crippen molar-refractivity contribution in [3.05, 3.63) is 29.3 Å². The number of thioether (sulfide) groups is 1. The zero-order chi connectivity index (χ0) is 16.7. The number of ether oxygens (including phenoxy) is 1. The molecule has 0 amide bonds. The number of benzene rings is 1. The van der Waals surface area contributed by atoms with E-state index < -0.39 is 0 Å².